The quantitative estimate of drug-likeness (QED) is 0.637. The number of likely N-dealkylation sites (tertiary alicyclic amines) is 1. The van der Waals surface area contributed by atoms with Gasteiger partial charge in [0.2, 0.25) is 0 Å². The molecule has 0 spiro atoms. The van der Waals surface area contributed by atoms with Crippen molar-refractivity contribution in [2.75, 3.05) is 48.5 Å². The van der Waals surface area contributed by atoms with E-state index in [0.717, 1.165) is 30.5 Å². The summed E-state index contributed by atoms with van der Waals surface area (Å²) in [4.78, 5) is 19.0. The monoisotopic (exact) mass is 475 g/mol. The molecule has 2 aliphatic rings. The number of piperazine rings is 1. The van der Waals surface area contributed by atoms with Gasteiger partial charge in [-0.25, -0.2) is 9.10 Å². The Bertz CT molecular complexity index is 852. The Morgan fingerprint density at radius 3 is 2.12 bits per heavy atom. The van der Waals surface area contributed by atoms with Gasteiger partial charge in [-0.3, -0.25) is 9.80 Å². The highest BCUT2D eigenvalue weighted by Crippen LogP contribution is 2.28. The van der Waals surface area contributed by atoms with Gasteiger partial charge in [0.15, 0.2) is 0 Å². The Morgan fingerprint density at radius 1 is 0.969 bits per heavy atom. The van der Waals surface area contributed by atoms with Crippen LogP contribution in [0.2, 0.25) is 0 Å². The molecule has 8 heteroatoms. The molecule has 32 heavy (non-hydrogen) atoms. The number of amides is 2. The van der Waals surface area contributed by atoms with Crippen LogP contribution in [-0.4, -0.2) is 61.1 Å². The molecule has 2 fully saturated rings. The fourth-order valence-corrected chi connectivity index (χ4v) is 4.99. The number of halogens is 1. The van der Waals surface area contributed by atoms with Gasteiger partial charge in [-0.2, -0.15) is 0 Å². The zero-order chi connectivity index (χ0) is 21.8. The van der Waals surface area contributed by atoms with Gasteiger partial charge < -0.3 is 10.6 Å². The van der Waals surface area contributed by atoms with Crippen molar-refractivity contribution in [1.29, 1.82) is 0 Å². The van der Waals surface area contributed by atoms with E-state index in [2.05, 4.69) is 64.8 Å². The number of hydrogen-bond acceptors (Lipinski definition) is 5. The summed E-state index contributed by atoms with van der Waals surface area (Å²) in [6.07, 6.45) is 2.49. The minimum Gasteiger partial charge on any atom is -0.369 e. The molecular weight excluding hydrogens is 442 g/mol. The highest BCUT2D eigenvalue weighted by Gasteiger charge is 2.29. The molecule has 0 aliphatic carbocycles. The number of anilines is 2. The Labute approximate surface area is 203 Å². The topological polar surface area (TPSA) is 56.1 Å². The number of nitrogens with zero attached hydrogens (tertiary/aromatic N) is 4. The lowest BCUT2D eigenvalue weighted by molar-refractivity contribution is 0.0840. The van der Waals surface area contributed by atoms with E-state index < -0.39 is 6.03 Å². The molecule has 1 unspecified atom stereocenters. The van der Waals surface area contributed by atoms with Gasteiger partial charge >= 0.3 is 6.03 Å². The van der Waals surface area contributed by atoms with Crippen LogP contribution >= 0.6 is 25.2 Å². The maximum atomic E-state index is 11.3. The average Bonchev–Trinajstić information content (AvgIpc) is 2.84. The summed E-state index contributed by atoms with van der Waals surface area (Å²) in [5.41, 5.74) is 8.57. The molecule has 0 aromatic heterocycles. The molecule has 2 amide bonds. The summed E-state index contributed by atoms with van der Waals surface area (Å²) in [5.74, 6) is 0. The maximum absolute atomic E-state index is 11.3. The minimum atomic E-state index is -0.575. The SMILES string of the molecule is CC(c1ccccc1)N1CCC(N2CCN(c3ccc(N(S)C(N)=O)cc3)CC2)CC1.Cl. The van der Waals surface area contributed by atoms with Crippen molar-refractivity contribution in [2.24, 2.45) is 5.73 Å². The van der Waals surface area contributed by atoms with Crippen LogP contribution in [-0.2, 0) is 0 Å². The standard InChI is InChI=1S/C24H33N5OS.ClH/c1-19(20-5-3-2-4-6-20)26-13-11-22(12-14-26)28-17-15-27(16-18-28)21-7-9-23(10-8-21)29(31)24(25)30;/h2-10,19,22,31H,11-18H2,1H3,(H2,25,30);1H. The van der Waals surface area contributed by atoms with Crippen LogP contribution in [0.3, 0.4) is 0 Å². The van der Waals surface area contributed by atoms with E-state index >= 15 is 0 Å². The van der Waals surface area contributed by atoms with Gasteiger partial charge in [0.25, 0.3) is 0 Å². The number of thiol groups is 1. The minimum absolute atomic E-state index is 0. The number of rotatable bonds is 5. The number of hydrogen-bond donors (Lipinski definition) is 2. The van der Waals surface area contributed by atoms with Crippen molar-refractivity contribution in [3.63, 3.8) is 0 Å². The van der Waals surface area contributed by atoms with Crippen molar-refractivity contribution < 1.29 is 4.79 Å². The number of piperidine rings is 1. The lowest BCUT2D eigenvalue weighted by atomic mass is 9.98. The van der Waals surface area contributed by atoms with Crippen LogP contribution in [0.5, 0.6) is 0 Å². The van der Waals surface area contributed by atoms with Crippen LogP contribution in [0.4, 0.5) is 16.2 Å². The van der Waals surface area contributed by atoms with Gasteiger partial charge in [-0.15, -0.1) is 12.4 Å². The molecule has 2 heterocycles. The average molecular weight is 476 g/mol. The highest BCUT2D eigenvalue weighted by atomic mass is 35.5. The second-order valence-electron chi connectivity index (χ2n) is 8.54. The largest absolute Gasteiger partial charge is 0.369 e. The molecule has 0 radical (unpaired) electrons. The molecule has 2 N–H and O–H groups in total. The van der Waals surface area contributed by atoms with Crippen molar-refractivity contribution in [3.8, 4) is 0 Å². The van der Waals surface area contributed by atoms with Crippen LogP contribution in [0.1, 0.15) is 31.4 Å². The Kier molecular flexibility index (Phi) is 8.71. The van der Waals surface area contributed by atoms with Crippen molar-refractivity contribution >= 4 is 42.6 Å². The molecule has 0 bridgehead atoms. The van der Waals surface area contributed by atoms with E-state index in [1.54, 1.807) is 0 Å². The molecule has 2 aromatic carbocycles. The summed E-state index contributed by atoms with van der Waals surface area (Å²) < 4.78 is 1.16. The highest BCUT2D eigenvalue weighted by molar-refractivity contribution is 7.82. The lowest BCUT2D eigenvalue weighted by Crippen LogP contribution is -2.53. The van der Waals surface area contributed by atoms with E-state index in [-0.39, 0.29) is 12.4 Å². The Hall–Kier alpha value is -1.93. The van der Waals surface area contributed by atoms with Crippen molar-refractivity contribution in [1.82, 2.24) is 9.80 Å². The van der Waals surface area contributed by atoms with E-state index in [9.17, 15) is 4.79 Å². The van der Waals surface area contributed by atoms with Gasteiger partial charge in [-0.1, -0.05) is 43.1 Å². The van der Waals surface area contributed by atoms with E-state index in [1.165, 1.54) is 37.2 Å². The first-order chi connectivity index (χ1) is 15.0. The normalized spacial score (nSPS) is 19.2. The first-order valence-electron chi connectivity index (χ1n) is 11.2. The fourth-order valence-electron chi connectivity index (χ4n) is 4.86. The first-order valence-corrected chi connectivity index (χ1v) is 11.6. The van der Waals surface area contributed by atoms with Crippen LogP contribution in [0, 0.1) is 0 Å². The van der Waals surface area contributed by atoms with Gasteiger partial charge in [0.1, 0.15) is 0 Å². The third-order valence-electron chi connectivity index (χ3n) is 6.83. The van der Waals surface area contributed by atoms with Crippen molar-refractivity contribution in [3.05, 3.63) is 60.2 Å². The summed E-state index contributed by atoms with van der Waals surface area (Å²) in [5, 5.41) is 0. The third-order valence-corrected chi connectivity index (χ3v) is 7.26. The van der Waals surface area contributed by atoms with Crippen LogP contribution < -0.4 is 14.9 Å². The molecule has 174 valence electrons. The Balaban J connectivity index is 0.00000289. The van der Waals surface area contributed by atoms with Gasteiger partial charge in [-0.05, 0) is 49.6 Å². The summed E-state index contributed by atoms with van der Waals surface area (Å²) in [6, 6.07) is 19.3. The summed E-state index contributed by atoms with van der Waals surface area (Å²) in [6.45, 7) is 8.92. The third kappa shape index (κ3) is 5.70. The molecule has 0 saturated carbocycles. The molecule has 2 aliphatic heterocycles. The Morgan fingerprint density at radius 2 is 1.56 bits per heavy atom. The smallest absolute Gasteiger partial charge is 0.329 e. The summed E-state index contributed by atoms with van der Waals surface area (Å²) in [7, 11) is 0. The zero-order valence-electron chi connectivity index (χ0n) is 18.6. The van der Waals surface area contributed by atoms with E-state index in [4.69, 9.17) is 5.73 Å². The first kappa shape index (κ1) is 24.7. The number of urea groups is 1. The van der Waals surface area contributed by atoms with E-state index in [0.29, 0.717) is 17.8 Å². The fraction of sp³-hybridized carbons (Fsp3) is 0.458. The molecule has 1 atom stereocenters. The maximum Gasteiger partial charge on any atom is 0.329 e. The predicted molar refractivity (Wildman–Crippen MR) is 138 cm³/mol. The van der Waals surface area contributed by atoms with Crippen LogP contribution in [0.25, 0.3) is 0 Å². The second-order valence-corrected chi connectivity index (χ2v) is 8.94. The number of nitrogens with two attached hydrogens (primary N) is 1. The second kappa shape index (κ2) is 11.3. The predicted octanol–water partition coefficient (Wildman–Crippen LogP) is 4.19. The molecule has 2 saturated heterocycles. The number of carbonyl (C=O) groups excluding carboxylic acids is 1. The van der Waals surface area contributed by atoms with Gasteiger partial charge in [0, 0.05) is 57.0 Å². The molecule has 6 nitrogen and oxygen atoms in total. The zero-order valence-corrected chi connectivity index (χ0v) is 20.3. The van der Waals surface area contributed by atoms with Gasteiger partial charge in [0.05, 0.1) is 5.69 Å². The number of benzene rings is 2. The summed E-state index contributed by atoms with van der Waals surface area (Å²) >= 11 is 4.12. The number of primary amides is 1. The van der Waals surface area contributed by atoms with E-state index in [1.807, 2.05) is 24.3 Å². The van der Waals surface area contributed by atoms with Crippen molar-refractivity contribution in [2.45, 2.75) is 31.8 Å². The lowest BCUT2D eigenvalue weighted by Gasteiger charge is -2.44. The number of carbonyl (C=O) groups is 1. The molecular formula is C24H34ClN5OS. The van der Waals surface area contributed by atoms with Crippen LogP contribution in [0.15, 0.2) is 54.6 Å². The molecule has 2 aromatic rings. The molecule has 4 rings (SSSR count).